The molecule has 0 aliphatic carbocycles. The van der Waals surface area contributed by atoms with E-state index in [9.17, 15) is 0 Å². The van der Waals surface area contributed by atoms with Crippen LogP contribution in [0.5, 0.6) is 5.75 Å². The fourth-order valence-corrected chi connectivity index (χ4v) is 1.50. The van der Waals surface area contributed by atoms with Gasteiger partial charge in [-0.05, 0) is 18.2 Å². The highest BCUT2D eigenvalue weighted by Crippen LogP contribution is 2.28. The molecule has 0 aromatic heterocycles. The Labute approximate surface area is 88.0 Å². The van der Waals surface area contributed by atoms with Crippen LogP contribution in [0.4, 0.5) is 5.69 Å². The first kappa shape index (κ1) is 9.62. The Morgan fingerprint density at radius 1 is 1.50 bits per heavy atom. The number of hydrogen-bond donors (Lipinski definition) is 1. The Morgan fingerprint density at radius 2 is 2.29 bits per heavy atom. The maximum atomic E-state index is 5.89. The molecule has 0 bridgehead atoms. The van der Waals surface area contributed by atoms with Crippen molar-refractivity contribution in [2.45, 2.75) is 6.04 Å². The average molecular weight is 214 g/mol. The fourth-order valence-electron chi connectivity index (χ4n) is 1.33. The van der Waals surface area contributed by atoms with Crippen LogP contribution in [0, 0.1) is 0 Å². The number of halogens is 1. The fraction of sp³-hybridized carbons (Fsp3) is 0.400. The van der Waals surface area contributed by atoms with Gasteiger partial charge in [0.25, 0.3) is 0 Å². The van der Waals surface area contributed by atoms with Gasteiger partial charge < -0.3 is 14.8 Å². The van der Waals surface area contributed by atoms with Gasteiger partial charge in [0.1, 0.15) is 5.75 Å². The second kappa shape index (κ2) is 4.07. The molecule has 0 radical (unpaired) electrons. The van der Waals surface area contributed by atoms with E-state index >= 15 is 0 Å². The Balaban J connectivity index is 2.15. The number of methoxy groups -OCH3 is 1. The van der Waals surface area contributed by atoms with Crippen LogP contribution in [0.25, 0.3) is 0 Å². The second-order valence-electron chi connectivity index (χ2n) is 3.22. The largest absolute Gasteiger partial charge is 0.495 e. The smallest absolute Gasteiger partial charge is 0.142 e. The zero-order chi connectivity index (χ0) is 9.97. The summed E-state index contributed by atoms with van der Waals surface area (Å²) in [6, 6.07) is 5.90. The minimum atomic E-state index is 0.377. The molecule has 1 aromatic rings. The number of ether oxygens (including phenoxy) is 2. The molecule has 1 heterocycles. The Kier molecular flexibility index (Phi) is 2.79. The third-order valence-electron chi connectivity index (χ3n) is 2.16. The zero-order valence-corrected chi connectivity index (χ0v) is 8.67. The summed E-state index contributed by atoms with van der Waals surface area (Å²) >= 11 is 5.89. The average Bonchev–Trinajstić information content (AvgIpc) is 2.12. The van der Waals surface area contributed by atoms with E-state index in [1.807, 2.05) is 18.2 Å². The molecular weight excluding hydrogens is 202 g/mol. The molecule has 1 aliphatic rings. The summed E-state index contributed by atoms with van der Waals surface area (Å²) in [6.07, 6.45) is 0. The van der Waals surface area contributed by atoms with E-state index in [0.717, 1.165) is 24.7 Å². The number of anilines is 1. The van der Waals surface area contributed by atoms with Gasteiger partial charge in [-0.25, -0.2) is 0 Å². The third kappa shape index (κ3) is 1.94. The highest BCUT2D eigenvalue weighted by molar-refractivity contribution is 6.30. The minimum absolute atomic E-state index is 0.377. The molecule has 3 nitrogen and oxygen atoms in total. The molecule has 76 valence electrons. The maximum Gasteiger partial charge on any atom is 0.142 e. The molecule has 2 rings (SSSR count). The molecule has 1 fully saturated rings. The lowest BCUT2D eigenvalue weighted by molar-refractivity contribution is 0.0210. The molecule has 0 saturated carbocycles. The van der Waals surface area contributed by atoms with Gasteiger partial charge in [0.05, 0.1) is 32.1 Å². The van der Waals surface area contributed by atoms with Crippen LogP contribution >= 0.6 is 11.6 Å². The van der Waals surface area contributed by atoms with Crippen LogP contribution < -0.4 is 10.1 Å². The van der Waals surface area contributed by atoms with E-state index in [4.69, 9.17) is 21.1 Å². The summed E-state index contributed by atoms with van der Waals surface area (Å²) in [5, 5.41) is 4.01. The zero-order valence-electron chi connectivity index (χ0n) is 7.92. The van der Waals surface area contributed by atoms with Crippen molar-refractivity contribution in [3.8, 4) is 5.75 Å². The molecule has 14 heavy (non-hydrogen) atoms. The van der Waals surface area contributed by atoms with Crippen molar-refractivity contribution in [2.24, 2.45) is 0 Å². The van der Waals surface area contributed by atoms with Crippen LogP contribution in [0.15, 0.2) is 18.2 Å². The van der Waals surface area contributed by atoms with Gasteiger partial charge in [-0.15, -0.1) is 0 Å². The lowest BCUT2D eigenvalue weighted by Crippen LogP contribution is -2.40. The van der Waals surface area contributed by atoms with Crippen molar-refractivity contribution < 1.29 is 9.47 Å². The van der Waals surface area contributed by atoms with Crippen LogP contribution in [0.3, 0.4) is 0 Å². The first-order valence-electron chi connectivity index (χ1n) is 4.47. The molecule has 0 unspecified atom stereocenters. The van der Waals surface area contributed by atoms with E-state index < -0.39 is 0 Å². The summed E-state index contributed by atoms with van der Waals surface area (Å²) in [6.45, 7) is 1.49. The van der Waals surface area contributed by atoms with Gasteiger partial charge in [-0.1, -0.05) is 11.6 Å². The molecular formula is C10H12ClNO2. The summed E-state index contributed by atoms with van der Waals surface area (Å²) < 4.78 is 10.3. The predicted octanol–water partition coefficient (Wildman–Crippen LogP) is 2.16. The molecule has 0 atom stereocenters. The molecule has 4 heteroatoms. The maximum absolute atomic E-state index is 5.89. The summed E-state index contributed by atoms with van der Waals surface area (Å²) in [7, 11) is 1.64. The monoisotopic (exact) mass is 213 g/mol. The lowest BCUT2D eigenvalue weighted by atomic mass is 10.2. The number of nitrogens with one attached hydrogen (secondary N) is 1. The van der Waals surface area contributed by atoms with Crippen molar-refractivity contribution in [3.05, 3.63) is 23.2 Å². The topological polar surface area (TPSA) is 30.5 Å². The Morgan fingerprint density at radius 3 is 2.86 bits per heavy atom. The molecule has 1 aliphatic heterocycles. The molecule has 0 spiro atoms. The van der Waals surface area contributed by atoms with Crippen molar-refractivity contribution in [2.75, 3.05) is 25.6 Å². The van der Waals surface area contributed by atoms with E-state index in [-0.39, 0.29) is 0 Å². The van der Waals surface area contributed by atoms with Crippen LogP contribution in [0.1, 0.15) is 0 Å². The highest BCUT2D eigenvalue weighted by atomic mass is 35.5. The summed E-state index contributed by atoms with van der Waals surface area (Å²) in [5.41, 5.74) is 0.924. The van der Waals surface area contributed by atoms with E-state index in [1.165, 1.54) is 0 Å². The van der Waals surface area contributed by atoms with Crippen molar-refractivity contribution in [1.29, 1.82) is 0 Å². The molecule has 1 aromatic carbocycles. The SMILES string of the molecule is COc1ccc(Cl)cc1NC1COC1. The second-order valence-corrected chi connectivity index (χ2v) is 3.66. The standard InChI is InChI=1S/C10H12ClNO2/c1-13-10-3-2-7(11)4-9(10)12-8-5-14-6-8/h2-4,8,12H,5-6H2,1H3. The Bertz CT molecular complexity index is 326. The Hall–Kier alpha value is -0.930. The minimum Gasteiger partial charge on any atom is -0.495 e. The number of hydrogen-bond acceptors (Lipinski definition) is 3. The predicted molar refractivity (Wildman–Crippen MR) is 56.2 cm³/mol. The first-order valence-corrected chi connectivity index (χ1v) is 4.85. The van der Waals surface area contributed by atoms with Crippen molar-refractivity contribution in [3.63, 3.8) is 0 Å². The van der Waals surface area contributed by atoms with Gasteiger partial charge in [0.2, 0.25) is 0 Å². The van der Waals surface area contributed by atoms with Crippen LogP contribution in [0.2, 0.25) is 5.02 Å². The van der Waals surface area contributed by atoms with Gasteiger partial charge in [-0.3, -0.25) is 0 Å². The summed E-state index contributed by atoms with van der Waals surface area (Å²) in [5.74, 6) is 0.807. The molecule has 1 N–H and O–H groups in total. The van der Waals surface area contributed by atoms with Crippen LogP contribution in [-0.2, 0) is 4.74 Å². The van der Waals surface area contributed by atoms with Gasteiger partial charge >= 0.3 is 0 Å². The number of benzene rings is 1. The van der Waals surface area contributed by atoms with E-state index in [1.54, 1.807) is 7.11 Å². The van der Waals surface area contributed by atoms with Gasteiger partial charge in [-0.2, -0.15) is 0 Å². The summed E-state index contributed by atoms with van der Waals surface area (Å²) in [4.78, 5) is 0. The van der Waals surface area contributed by atoms with Crippen molar-refractivity contribution in [1.82, 2.24) is 0 Å². The molecule has 0 amide bonds. The third-order valence-corrected chi connectivity index (χ3v) is 2.39. The van der Waals surface area contributed by atoms with Crippen molar-refractivity contribution >= 4 is 17.3 Å². The first-order chi connectivity index (χ1) is 6.79. The number of rotatable bonds is 3. The van der Waals surface area contributed by atoms with E-state index in [0.29, 0.717) is 11.1 Å². The molecule has 1 saturated heterocycles. The quantitative estimate of drug-likeness (QED) is 0.835. The normalized spacial score (nSPS) is 16.1. The van der Waals surface area contributed by atoms with E-state index in [2.05, 4.69) is 5.32 Å². The van der Waals surface area contributed by atoms with Gasteiger partial charge in [0.15, 0.2) is 0 Å². The van der Waals surface area contributed by atoms with Gasteiger partial charge in [0, 0.05) is 5.02 Å². The van der Waals surface area contributed by atoms with Crippen LogP contribution in [-0.4, -0.2) is 26.4 Å². The lowest BCUT2D eigenvalue weighted by Gasteiger charge is -2.28. The highest BCUT2D eigenvalue weighted by Gasteiger charge is 2.19.